The Morgan fingerprint density at radius 1 is 1.00 bits per heavy atom. The molecule has 0 saturated heterocycles. The molecule has 0 rings (SSSR count). The number of aliphatic hydroxyl groups excluding tert-OH is 1. The van der Waals surface area contributed by atoms with E-state index in [0.717, 1.165) is 31.4 Å². The number of carbonyl (C=O) groups excluding carboxylic acids is 1. The van der Waals surface area contributed by atoms with Crippen molar-refractivity contribution in [3.05, 3.63) is 12.2 Å². The molecule has 0 aromatic carbocycles. The quantitative estimate of drug-likeness (QED) is 0.444. The normalized spacial score (nSPS) is 10.8. The first-order valence-electron chi connectivity index (χ1n) is 6.92. The van der Waals surface area contributed by atoms with Crippen molar-refractivity contribution in [1.29, 1.82) is 0 Å². The number of hydrogen-bond donors (Lipinski definition) is 2. The van der Waals surface area contributed by atoms with Gasteiger partial charge < -0.3 is 15.1 Å². The third-order valence-corrected chi connectivity index (χ3v) is 2.83. The van der Waals surface area contributed by atoms with Crippen LogP contribution < -0.4 is 0 Å². The van der Waals surface area contributed by atoms with Crippen molar-refractivity contribution in [2.75, 3.05) is 19.7 Å². The van der Waals surface area contributed by atoms with Gasteiger partial charge in [0.15, 0.2) is 0 Å². The Hall–Kier alpha value is -1.36. The Morgan fingerprint density at radius 3 is 2.21 bits per heavy atom. The number of rotatable bonds is 11. The van der Waals surface area contributed by atoms with Crippen LogP contribution in [-0.4, -0.2) is 46.7 Å². The lowest BCUT2D eigenvalue weighted by atomic mass is 10.1. The monoisotopic (exact) mass is 271 g/mol. The average Bonchev–Trinajstić information content (AvgIpc) is 2.38. The van der Waals surface area contributed by atoms with Crippen molar-refractivity contribution in [3.8, 4) is 0 Å². The Labute approximate surface area is 114 Å². The van der Waals surface area contributed by atoms with E-state index in [0.29, 0.717) is 6.54 Å². The molecule has 5 heteroatoms. The molecule has 0 atom stereocenters. The minimum absolute atomic E-state index is 0.109. The third kappa shape index (κ3) is 10.3. The third-order valence-electron chi connectivity index (χ3n) is 2.83. The maximum absolute atomic E-state index is 11.7. The molecule has 0 radical (unpaired) electrons. The van der Waals surface area contributed by atoms with E-state index in [1.54, 1.807) is 0 Å². The van der Waals surface area contributed by atoms with Crippen LogP contribution in [0.25, 0.3) is 0 Å². The molecule has 0 spiro atoms. The molecular weight excluding hydrogens is 246 g/mol. The lowest BCUT2D eigenvalue weighted by Crippen LogP contribution is -2.33. The number of unbranched alkanes of at least 4 members (excludes halogenated alkanes) is 5. The number of hydrogen-bond acceptors (Lipinski definition) is 3. The van der Waals surface area contributed by atoms with Crippen LogP contribution in [0.4, 0.5) is 0 Å². The Morgan fingerprint density at radius 2 is 1.63 bits per heavy atom. The second-order valence-electron chi connectivity index (χ2n) is 4.49. The van der Waals surface area contributed by atoms with Crippen LogP contribution in [0.2, 0.25) is 0 Å². The SMILES string of the molecule is CCCCCCCCN(CCO)C(=O)C=CC(=O)O. The Bertz CT molecular complexity index is 289. The molecule has 0 heterocycles. The predicted octanol–water partition coefficient (Wildman–Crippen LogP) is 1.81. The van der Waals surface area contributed by atoms with Gasteiger partial charge in [0.05, 0.1) is 6.61 Å². The van der Waals surface area contributed by atoms with E-state index in [-0.39, 0.29) is 19.1 Å². The summed E-state index contributed by atoms with van der Waals surface area (Å²) in [5, 5.41) is 17.4. The fourth-order valence-corrected chi connectivity index (χ4v) is 1.78. The minimum atomic E-state index is -1.14. The molecule has 1 amide bonds. The molecule has 0 aromatic heterocycles. The summed E-state index contributed by atoms with van der Waals surface area (Å²) in [5.74, 6) is -1.50. The van der Waals surface area contributed by atoms with Crippen molar-refractivity contribution in [1.82, 2.24) is 4.90 Å². The van der Waals surface area contributed by atoms with Gasteiger partial charge in [0.25, 0.3) is 0 Å². The standard InChI is InChI=1S/C14H25NO4/c1-2-3-4-5-6-7-10-15(11-12-16)13(17)8-9-14(18)19/h8-9,16H,2-7,10-12H2,1H3,(H,18,19). The van der Waals surface area contributed by atoms with Gasteiger partial charge in [0.1, 0.15) is 0 Å². The second kappa shape index (κ2) is 11.7. The maximum Gasteiger partial charge on any atom is 0.328 e. The van der Waals surface area contributed by atoms with Gasteiger partial charge in [-0.2, -0.15) is 0 Å². The number of aliphatic carboxylic acids is 1. The summed E-state index contributed by atoms with van der Waals surface area (Å²) >= 11 is 0. The first-order valence-corrected chi connectivity index (χ1v) is 6.92. The predicted molar refractivity (Wildman–Crippen MR) is 73.8 cm³/mol. The summed E-state index contributed by atoms with van der Waals surface area (Å²) < 4.78 is 0. The van der Waals surface area contributed by atoms with E-state index in [2.05, 4.69) is 6.92 Å². The van der Waals surface area contributed by atoms with Crippen molar-refractivity contribution in [3.63, 3.8) is 0 Å². The fourth-order valence-electron chi connectivity index (χ4n) is 1.78. The summed E-state index contributed by atoms with van der Waals surface area (Å²) in [6, 6.07) is 0. The van der Waals surface area contributed by atoms with Crippen LogP contribution >= 0.6 is 0 Å². The second-order valence-corrected chi connectivity index (χ2v) is 4.49. The molecular formula is C14H25NO4. The first-order chi connectivity index (χ1) is 9.11. The van der Waals surface area contributed by atoms with E-state index in [1.807, 2.05) is 0 Å². The number of carboxylic acids is 1. The van der Waals surface area contributed by atoms with Gasteiger partial charge >= 0.3 is 5.97 Å². The summed E-state index contributed by atoms with van der Waals surface area (Å²) in [5.41, 5.74) is 0. The smallest absolute Gasteiger partial charge is 0.328 e. The Balaban J connectivity index is 3.97. The average molecular weight is 271 g/mol. The summed E-state index contributed by atoms with van der Waals surface area (Å²) in [6.45, 7) is 2.87. The molecule has 19 heavy (non-hydrogen) atoms. The largest absolute Gasteiger partial charge is 0.478 e. The summed E-state index contributed by atoms with van der Waals surface area (Å²) in [7, 11) is 0. The molecule has 0 aliphatic heterocycles. The van der Waals surface area contributed by atoms with Gasteiger partial charge in [0, 0.05) is 25.2 Å². The first kappa shape index (κ1) is 17.6. The van der Waals surface area contributed by atoms with Crippen LogP contribution in [0.15, 0.2) is 12.2 Å². The molecule has 0 bridgehead atoms. The van der Waals surface area contributed by atoms with Gasteiger partial charge in [-0.15, -0.1) is 0 Å². The van der Waals surface area contributed by atoms with Crippen LogP contribution in [0.3, 0.4) is 0 Å². The number of carbonyl (C=O) groups is 2. The van der Waals surface area contributed by atoms with Crippen molar-refractivity contribution in [2.45, 2.75) is 45.4 Å². The van der Waals surface area contributed by atoms with Crippen LogP contribution in [0.1, 0.15) is 45.4 Å². The summed E-state index contributed by atoms with van der Waals surface area (Å²) in [4.78, 5) is 23.5. The van der Waals surface area contributed by atoms with Gasteiger partial charge in [-0.3, -0.25) is 4.79 Å². The molecule has 0 aromatic rings. The fraction of sp³-hybridized carbons (Fsp3) is 0.714. The van der Waals surface area contributed by atoms with Crippen LogP contribution in [0.5, 0.6) is 0 Å². The van der Waals surface area contributed by atoms with Gasteiger partial charge in [0.2, 0.25) is 5.91 Å². The van der Waals surface area contributed by atoms with E-state index in [1.165, 1.54) is 24.2 Å². The molecule has 2 N–H and O–H groups in total. The topological polar surface area (TPSA) is 77.8 Å². The van der Waals surface area contributed by atoms with E-state index in [9.17, 15) is 9.59 Å². The van der Waals surface area contributed by atoms with E-state index in [4.69, 9.17) is 10.2 Å². The van der Waals surface area contributed by atoms with E-state index < -0.39 is 5.97 Å². The van der Waals surface area contributed by atoms with Crippen LogP contribution in [-0.2, 0) is 9.59 Å². The van der Waals surface area contributed by atoms with E-state index >= 15 is 0 Å². The molecule has 0 fully saturated rings. The number of amides is 1. The highest BCUT2D eigenvalue weighted by molar-refractivity contribution is 5.93. The number of aliphatic hydroxyl groups is 1. The molecule has 0 aliphatic rings. The molecule has 0 aliphatic carbocycles. The highest BCUT2D eigenvalue weighted by Gasteiger charge is 2.09. The number of nitrogens with zero attached hydrogens (tertiary/aromatic N) is 1. The van der Waals surface area contributed by atoms with Crippen molar-refractivity contribution < 1.29 is 19.8 Å². The van der Waals surface area contributed by atoms with Gasteiger partial charge in [-0.25, -0.2) is 4.79 Å². The molecule has 110 valence electrons. The van der Waals surface area contributed by atoms with Gasteiger partial charge in [-0.1, -0.05) is 39.0 Å². The minimum Gasteiger partial charge on any atom is -0.478 e. The zero-order chi connectivity index (χ0) is 14.5. The lowest BCUT2D eigenvalue weighted by molar-refractivity contribution is -0.132. The van der Waals surface area contributed by atoms with Crippen LogP contribution in [0, 0.1) is 0 Å². The van der Waals surface area contributed by atoms with Gasteiger partial charge in [-0.05, 0) is 6.42 Å². The highest BCUT2D eigenvalue weighted by Crippen LogP contribution is 2.06. The lowest BCUT2D eigenvalue weighted by Gasteiger charge is -2.19. The highest BCUT2D eigenvalue weighted by atomic mass is 16.4. The van der Waals surface area contributed by atoms with Crippen molar-refractivity contribution >= 4 is 11.9 Å². The molecule has 0 unspecified atom stereocenters. The zero-order valence-corrected chi connectivity index (χ0v) is 11.7. The molecule has 5 nitrogen and oxygen atoms in total. The van der Waals surface area contributed by atoms with Crippen molar-refractivity contribution in [2.24, 2.45) is 0 Å². The Kier molecular flexibility index (Phi) is 10.9. The maximum atomic E-state index is 11.7. The zero-order valence-electron chi connectivity index (χ0n) is 11.7. The molecule has 0 saturated carbocycles. The summed E-state index contributed by atoms with van der Waals surface area (Å²) in [6.07, 6.45) is 8.61. The number of carboxylic acid groups (broad SMARTS) is 1.